The summed E-state index contributed by atoms with van der Waals surface area (Å²) in [6.45, 7) is 3.32. The van der Waals surface area contributed by atoms with Gasteiger partial charge in [-0.15, -0.1) is 0 Å². The fraction of sp³-hybridized carbons (Fsp3) is 0.385. The fourth-order valence-electron chi connectivity index (χ4n) is 1.43. The zero-order valence-electron chi connectivity index (χ0n) is 11.1. The zero-order chi connectivity index (χ0) is 15.6. The molecule has 0 aliphatic rings. The van der Waals surface area contributed by atoms with Crippen LogP contribution in [0.5, 0.6) is 0 Å². The molecule has 0 fully saturated rings. The van der Waals surface area contributed by atoms with Crippen molar-refractivity contribution in [2.24, 2.45) is 5.41 Å². The number of sulfone groups is 1. The Morgan fingerprint density at radius 1 is 1.45 bits per heavy atom. The lowest BCUT2D eigenvalue weighted by atomic mass is 9.93. The van der Waals surface area contributed by atoms with Crippen LogP contribution >= 0.6 is 15.9 Å². The summed E-state index contributed by atoms with van der Waals surface area (Å²) in [6.07, 6.45) is 0.176. The Kier molecular flexibility index (Phi) is 4.95. The molecule has 0 amide bonds. The van der Waals surface area contributed by atoms with Crippen molar-refractivity contribution in [2.75, 3.05) is 5.75 Å². The van der Waals surface area contributed by atoms with E-state index in [1.807, 2.05) is 6.07 Å². The summed E-state index contributed by atoms with van der Waals surface area (Å²) < 4.78 is 24.8. The predicted molar refractivity (Wildman–Crippen MR) is 77.2 cm³/mol. The average molecular weight is 360 g/mol. The first-order valence-electron chi connectivity index (χ1n) is 5.76. The summed E-state index contributed by atoms with van der Waals surface area (Å²) in [7, 11) is -3.65. The molecule has 1 N–H and O–H groups in total. The molecule has 20 heavy (non-hydrogen) atoms. The maximum absolute atomic E-state index is 12.3. The quantitative estimate of drug-likeness (QED) is 0.871. The largest absolute Gasteiger partial charge is 0.478 e. The van der Waals surface area contributed by atoms with Gasteiger partial charge in [-0.2, -0.15) is 5.26 Å². The maximum atomic E-state index is 12.3. The summed E-state index contributed by atoms with van der Waals surface area (Å²) >= 11 is 3.12. The molecular weight excluding hydrogens is 346 g/mol. The van der Waals surface area contributed by atoms with Crippen LogP contribution in [0.4, 0.5) is 0 Å². The van der Waals surface area contributed by atoms with E-state index < -0.39 is 21.2 Å². The van der Waals surface area contributed by atoms with Gasteiger partial charge in [-0.3, -0.25) is 0 Å². The second kappa shape index (κ2) is 5.94. The molecule has 5 nitrogen and oxygen atoms in total. The number of carboxylic acids is 1. The van der Waals surface area contributed by atoms with Gasteiger partial charge >= 0.3 is 5.97 Å². The van der Waals surface area contributed by atoms with Crippen LogP contribution in [0.2, 0.25) is 0 Å². The van der Waals surface area contributed by atoms with Crippen LogP contribution in [0.1, 0.15) is 30.6 Å². The summed E-state index contributed by atoms with van der Waals surface area (Å²) in [4.78, 5) is 10.8. The van der Waals surface area contributed by atoms with Gasteiger partial charge in [0.05, 0.1) is 27.7 Å². The fourth-order valence-corrected chi connectivity index (χ4v) is 4.09. The topological polar surface area (TPSA) is 95.2 Å². The predicted octanol–water partition coefficient (Wildman–Crippen LogP) is 2.86. The van der Waals surface area contributed by atoms with E-state index in [0.29, 0.717) is 4.47 Å². The molecular formula is C13H14BrNO4S. The van der Waals surface area contributed by atoms with Gasteiger partial charge in [-0.25, -0.2) is 13.2 Å². The molecule has 108 valence electrons. The van der Waals surface area contributed by atoms with Gasteiger partial charge in [0.1, 0.15) is 0 Å². The van der Waals surface area contributed by atoms with Gasteiger partial charge in [-0.05, 0) is 54.4 Å². The lowest BCUT2D eigenvalue weighted by Crippen LogP contribution is -2.17. The molecule has 7 heteroatoms. The standard InChI is InChI=1S/C13H14BrNO4S/c1-13(2,8-15)5-6-20(18,19)11-7-9(12(16)17)3-4-10(11)14/h3-4,7H,5-6H2,1-2H3,(H,16,17). The average Bonchev–Trinajstić information content (AvgIpc) is 2.37. The van der Waals surface area contributed by atoms with Crippen LogP contribution in [0.15, 0.2) is 27.6 Å². The third-order valence-corrected chi connectivity index (χ3v) is 5.52. The van der Waals surface area contributed by atoms with Crippen molar-refractivity contribution in [1.82, 2.24) is 0 Å². The Morgan fingerprint density at radius 2 is 2.05 bits per heavy atom. The van der Waals surface area contributed by atoms with Crippen LogP contribution in [0, 0.1) is 16.7 Å². The van der Waals surface area contributed by atoms with Crippen molar-refractivity contribution in [1.29, 1.82) is 5.26 Å². The minimum atomic E-state index is -3.65. The van der Waals surface area contributed by atoms with E-state index in [4.69, 9.17) is 10.4 Å². The molecule has 0 saturated carbocycles. The third kappa shape index (κ3) is 4.05. The number of rotatable bonds is 5. The highest BCUT2D eigenvalue weighted by Crippen LogP contribution is 2.27. The van der Waals surface area contributed by atoms with E-state index in [1.54, 1.807) is 13.8 Å². The molecule has 1 aromatic carbocycles. The monoisotopic (exact) mass is 359 g/mol. The van der Waals surface area contributed by atoms with Crippen molar-refractivity contribution in [3.8, 4) is 6.07 Å². The number of hydrogen-bond acceptors (Lipinski definition) is 4. The number of aromatic carboxylic acids is 1. The van der Waals surface area contributed by atoms with Crippen molar-refractivity contribution >= 4 is 31.7 Å². The highest BCUT2D eigenvalue weighted by atomic mass is 79.9. The second-order valence-electron chi connectivity index (χ2n) is 5.01. The number of carboxylic acid groups (broad SMARTS) is 1. The number of hydrogen-bond donors (Lipinski definition) is 1. The Bertz CT molecular complexity index is 674. The summed E-state index contributed by atoms with van der Waals surface area (Å²) in [5.41, 5.74) is -0.837. The van der Waals surface area contributed by atoms with Gasteiger partial charge < -0.3 is 5.11 Å². The van der Waals surface area contributed by atoms with Crippen LogP contribution in [0.25, 0.3) is 0 Å². The molecule has 0 spiro atoms. The lowest BCUT2D eigenvalue weighted by molar-refractivity contribution is 0.0696. The summed E-state index contributed by atoms with van der Waals surface area (Å²) in [6, 6.07) is 5.88. The van der Waals surface area contributed by atoms with Crippen molar-refractivity contribution in [3.63, 3.8) is 0 Å². The second-order valence-corrected chi connectivity index (χ2v) is 7.95. The molecule has 0 radical (unpaired) electrons. The molecule has 0 saturated heterocycles. The van der Waals surface area contributed by atoms with Gasteiger partial charge in [0, 0.05) is 4.47 Å². The van der Waals surface area contributed by atoms with Gasteiger partial charge in [0.25, 0.3) is 0 Å². The lowest BCUT2D eigenvalue weighted by Gasteiger charge is -2.15. The maximum Gasteiger partial charge on any atom is 0.335 e. The number of carbonyl (C=O) groups is 1. The van der Waals surface area contributed by atoms with Crippen LogP contribution < -0.4 is 0 Å². The first kappa shape index (κ1) is 16.7. The molecule has 0 aliphatic heterocycles. The van der Waals surface area contributed by atoms with E-state index in [1.165, 1.54) is 12.1 Å². The Hall–Kier alpha value is -1.39. The molecule has 0 aromatic heterocycles. The SMILES string of the molecule is CC(C)(C#N)CCS(=O)(=O)c1cc(C(=O)O)ccc1Br. The minimum Gasteiger partial charge on any atom is -0.478 e. The number of nitriles is 1. The third-order valence-electron chi connectivity index (χ3n) is 2.81. The van der Waals surface area contributed by atoms with E-state index in [0.717, 1.165) is 6.07 Å². The molecule has 0 heterocycles. The van der Waals surface area contributed by atoms with E-state index in [9.17, 15) is 13.2 Å². The zero-order valence-corrected chi connectivity index (χ0v) is 13.5. The van der Waals surface area contributed by atoms with Gasteiger partial charge in [0.15, 0.2) is 9.84 Å². The van der Waals surface area contributed by atoms with E-state index in [2.05, 4.69) is 15.9 Å². The molecule has 0 unspecified atom stereocenters. The number of halogens is 1. The van der Waals surface area contributed by atoms with Crippen LogP contribution in [0.3, 0.4) is 0 Å². The molecule has 0 bridgehead atoms. The molecule has 1 aromatic rings. The van der Waals surface area contributed by atoms with Crippen molar-refractivity contribution in [2.45, 2.75) is 25.2 Å². The van der Waals surface area contributed by atoms with Crippen LogP contribution in [-0.2, 0) is 9.84 Å². The van der Waals surface area contributed by atoms with E-state index >= 15 is 0 Å². The Balaban J connectivity index is 3.13. The van der Waals surface area contributed by atoms with Gasteiger partial charge in [0.2, 0.25) is 0 Å². The molecule has 0 aliphatic carbocycles. The highest BCUT2D eigenvalue weighted by molar-refractivity contribution is 9.10. The van der Waals surface area contributed by atoms with Crippen molar-refractivity contribution < 1.29 is 18.3 Å². The highest BCUT2D eigenvalue weighted by Gasteiger charge is 2.25. The van der Waals surface area contributed by atoms with E-state index in [-0.39, 0.29) is 22.6 Å². The normalized spacial score (nSPS) is 11.9. The number of benzene rings is 1. The number of nitrogens with zero attached hydrogens (tertiary/aromatic N) is 1. The van der Waals surface area contributed by atoms with Crippen LogP contribution in [-0.4, -0.2) is 25.2 Å². The Morgan fingerprint density at radius 3 is 2.55 bits per heavy atom. The Labute approximate surface area is 126 Å². The smallest absolute Gasteiger partial charge is 0.335 e. The molecule has 0 atom stereocenters. The minimum absolute atomic E-state index is 0.0638. The summed E-state index contributed by atoms with van der Waals surface area (Å²) in [5.74, 6) is -1.40. The molecule has 1 rings (SSSR count). The first-order valence-corrected chi connectivity index (χ1v) is 8.20. The first-order chi connectivity index (χ1) is 9.09. The summed E-state index contributed by atoms with van der Waals surface area (Å²) in [5, 5.41) is 17.8. The van der Waals surface area contributed by atoms with Gasteiger partial charge in [-0.1, -0.05) is 0 Å². The van der Waals surface area contributed by atoms with Crippen molar-refractivity contribution in [3.05, 3.63) is 28.2 Å².